The van der Waals surface area contributed by atoms with Gasteiger partial charge in [0.1, 0.15) is 5.75 Å². The second-order valence-electron chi connectivity index (χ2n) is 7.39. The Morgan fingerprint density at radius 2 is 1.61 bits per heavy atom. The number of carbonyl (C=O) groups is 1. The fraction of sp³-hybridized carbons (Fsp3) is 0.632. The monoisotopic (exact) mass is 411 g/mol. The van der Waals surface area contributed by atoms with Gasteiger partial charge in [0, 0.05) is 39.3 Å². The molecular formula is C19H29N3O5S. The topological polar surface area (TPSA) is 79.4 Å². The molecule has 156 valence electrons. The first-order chi connectivity index (χ1) is 13.3. The molecule has 0 N–H and O–H groups in total. The Kier molecular flexibility index (Phi) is 6.59. The van der Waals surface area contributed by atoms with E-state index in [4.69, 9.17) is 9.47 Å². The van der Waals surface area contributed by atoms with Crippen molar-refractivity contribution in [3.63, 3.8) is 0 Å². The second-order valence-corrected chi connectivity index (χ2v) is 9.32. The average molecular weight is 412 g/mol. The molecule has 0 aromatic heterocycles. The number of ether oxygens (including phenoxy) is 2. The predicted molar refractivity (Wildman–Crippen MR) is 105 cm³/mol. The van der Waals surface area contributed by atoms with E-state index < -0.39 is 10.2 Å². The van der Waals surface area contributed by atoms with E-state index in [0.29, 0.717) is 45.7 Å². The van der Waals surface area contributed by atoms with E-state index in [0.717, 1.165) is 11.3 Å². The molecule has 2 aliphatic rings. The van der Waals surface area contributed by atoms with Gasteiger partial charge in [0.05, 0.1) is 25.7 Å². The third-order valence-corrected chi connectivity index (χ3v) is 7.11. The van der Waals surface area contributed by atoms with Crippen LogP contribution < -0.4 is 4.74 Å². The molecule has 0 bridgehead atoms. The maximum Gasteiger partial charge on any atom is 0.282 e. The minimum absolute atomic E-state index is 0.0100. The molecule has 8 nitrogen and oxygen atoms in total. The Morgan fingerprint density at radius 3 is 2.14 bits per heavy atom. The number of amides is 1. The van der Waals surface area contributed by atoms with E-state index in [9.17, 15) is 13.2 Å². The maximum atomic E-state index is 12.9. The summed E-state index contributed by atoms with van der Waals surface area (Å²) in [5.41, 5.74) is 0.914. The van der Waals surface area contributed by atoms with Crippen molar-refractivity contribution in [1.29, 1.82) is 0 Å². The third-order valence-electron chi connectivity index (χ3n) is 5.14. The van der Waals surface area contributed by atoms with Crippen molar-refractivity contribution in [2.45, 2.75) is 32.5 Å². The fourth-order valence-electron chi connectivity index (χ4n) is 3.68. The number of morpholine rings is 1. The molecule has 28 heavy (non-hydrogen) atoms. The first-order valence-electron chi connectivity index (χ1n) is 9.61. The Hall–Kier alpha value is -1.68. The van der Waals surface area contributed by atoms with Gasteiger partial charge in [-0.1, -0.05) is 12.1 Å². The van der Waals surface area contributed by atoms with Crippen molar-refractivity contribution in [3.05, 3.63) is 29.8 Å². The molecule has 1 aromatic rings. The van der Waals surface area contributed by atoms with Gasteiger partial charge in [0.2, 0.25) is 5.91 Å². The van der Waals surface area contributed by atoms with Gasteiger partial charge in [-0.15, -0.1) is 0 Å². The average Bonchev–Trinajstić information content (AvgIpc) is 2.68. The standard InChI is InChI=1S/C19H29N3O5S/c1-15-13-22(14-16(2)27-15)28(24,25)21-10-8-20(9-11-21)19(23)12-17-4-6-18(26-3)7-5-17/h4-7,15-16H,8-14H2,1-3H3/t15-,16-/m0/s1. The van der Waals surface area contributed by atoms with E-state index in [1.807, 2.05) is 38.1 Å². The lowest BCUT2D eigenvalue weighted by Gasteiger charge is -2.40. The van der Waals surface area contributed by atoms with Gasteiger partial charge >= 0.3 is 0 Å². The summed E-state index contributed by atoms with van der Waals surface area (Å²) in [4.78, 5) is 14.3. The molecule has 0 aliphatic carbocycles. The van der Waals surface area contributed by atoms with Crippen LogP contribution in [-0.4, -0.2) is 86.4 Å². The zero-order valence-corrected chi connectivity index (χ0v) is 17.5. The molecule has 2 fully saturated rings. The normalized spacial score (nSPS) is 24.9. The molecular weight excluding hydrogens is 382 g/mol. The van der Waals surface area contributed by atoms with E-state index in [-0.39, 0.29) is 18.1 Å². The molecule has 0 saturated carbocycles. The number of carbonyl (C=O) groups excluding carboxylic acids is 1. The summed E-state index contributed by atoms with van der Waals surface area (Å²) in [5, 5.41) is 0. The second kappa shape index (κ2) is 8.77. The lowest BCUT2D eigenvalue weighted by Crippen LogP contribution is -2.57. The molecule has 0 radical (unpaired) electrons. The molecule has 2 saturated heterocycles. The van der Waals surface area contributed by atoms with Crippen LogP contribution in [0.3, 0.4) is 0 Å². The highest BCUT2D eigenvalue weighted by molar-refractivity contribution is 7.86. The summed E-state index contributed by atoms with van der Waals surface area (Å²) < 4.78 is 39.6. The van der Waals surface area contributed by atoms with Crippen LogP contribution in [0.15, 0.2) is 24.3 Å². The summed E-state index contributed by atoms with van der Waals surface area (Å²) in [6.45, 7) is 5.94. The van der Waals surface area contributed by atoms with Crippen LogP contribution in [0.25, 0.3) is 0 Å². The molecule has 2 aliphatic heterocycles. The Morgan fingerprint density at radius 1 is 1.04 bits per heavy atom. The number of hydrogen-bond donors (Lipinski definition) is 0. The summed E-state index contributed by atoms with van der Waals surface area (Å²) >= 11 is 0. The lowest BCUT2D eigenvalue weighted by atomic mass is 10.1. The van der Waals surface area contributed by atoms with Crippen molar-refractivity contribution >= 4 is 16.1 Å². The van der Waals surface area contributed by atoms with Crippen molar-refractivity contribution in [1.82, 2.24) is 13.5 Å². The molecule has 9 heteroatoms. The fourth-order valence-corrected chi connectivity index (χ4v) is 5.43. The zero-order chi connectivity index (χ0) is 20.3. The van der Waals surface area contributed by atoms with Crippen LogP contribution in [0, 0.1) is 0 Å². The first kappa shape index (κ1) is 21.0. The lowest BCUT2D eigenvalue weighted by molar-refractivity contribution is -0.131. The third kappa shape index (κ3) is 4.83. The van der Waals surface area contributed by atoms with Crippen LogP contribution in [0.1, 0.15) is 19.4 Å². The van der Waals surface area contributed by atoms with Gasteiger partial charge < -0.3 is 14.4 Å². The molecule has 0 unspecified atom stereocenters. The summed E-state index contributed by atoms with van der Waals surface area (Å²) in [6, 6.07) is 7.41. The molecule has 1 amide bonds. The van der Waals surface area contributed by atoms with Crippen LogP contribution in [0.4, 0.5) is 0 Å². The van der Waals surface area contributed by atoms with Crippen molar-refractivity contribution < 1.29 is 22.7 Å². The number of benzene rings is 1. The maximum absolute atomic E-state index is 12.9. The van der Waals surface area contributed by atoms with Crippen LogP contribution >= 0.6 is 0 Å². The first-order valence-corrected chi connectivity index (χ1v) is 11.0. The smallest absolute Gasteiger partial charge is 0.282 e. The Bertz CT molecular complexity index is 765. The number of rotatable bonds is 5. The highest BCUT2D eigenvalue weighted by Gasteiger charge is 2.37. The summed E-state index contributed by atoms with van der Waals surface area (Å²) in [5.74, 6) is 0.762. The quantitative estimate of drug-likeness (QED) is 0.714. The minimum atomic E-state index is -3.53. The van der Waals surface area contributed by atoms with Crippen LogP contribution in [0.5, 0.6) is 5.75 Å². The summed E-state index contributed by atoms with van der Waals surface area (Å²) in [7, 11) is -1.93. The van der Waals surface area contributed by atoms with Crippen molar-refractivity contribution in [2.24, 2.45) is 0 Å². The largest absolute Gasteiger partial charge is 0.497 e. The number of piperazine rings is 1. The van der Waals surface area contributed by atoms with Gasteiger partial charge in [0.25, 0.3) is 10.2 Å². The van der Waals surface area contributed by atoms with Gasteiger partial charge in [-0.25, -0.2) is 0 Å². The number of methoxy groups -OCH3 is 1. The van der Waals surface area contributed by atoms with Crippen LogP contribution in [0.2, 0.25) is 0 Å². The van der Waals surface area contributed by atoms with Crippen molar-refractivity contribution in [2.75, 3.05) is 46.4 Å². The van der Waals surface area contributed by atoms with E-state index in [1.54, 1.807) is 12.0 Å². The van der Waals surface area contributed by atoms with Crippen molar-refractivity contribution in [3.8, 4) is 5.75 Å². The van der Waals surface area contributed by atoms with E-state index in [1.165, 1.54) is 8.61 Å². The highest BCUT2D eigenvalue weighted by atomic mass is 32.2. The minimum Gasteiger partial charge on any atom is -0.497 e. The highest BCUT2D eigenvalue weighted by Crippen LogP contribution is 2.19. The molecule has 2 atom stereocenters. The zero-order valence-electron chi connectivity index (χ0n) is 16.7. The van der Waals surface area contributed by atoms with Crippen LogP contribution in [-0.2, 0) is 26.2 Å². The van der Waals surface area contributed by atoms with Gasteiger partial charge in [-0.3, -0.25) is 4.79 Å². The molecule has 1 aromatic carbocycles. The Labute approximate surface area is 167 Å². The van der Waals surface area contributed by atoms with E-state index >= 15 is 0 Å². The van der Waals surface area contributed by atoms with Gasteiger partial charge in [-0.05, 0) is 31.5 Å². The SMILES string of the molecule is COc1ccc(CC(=O)N2CCN(S(=O)(=O)N3C[C@H](C)O[C@@H](C)C3)CC2)cc1. The van der Waals surface area contributed by atoms with Gasteiger partial charge in [-0.2, -0.15) is 17.0 Å². The molecule has 3 rings (SSSR count). The molecule has 0 spiro atoms. The van der Waals surface area contributed by atoms with E-state index in [2.05, 4.69) is 0 Å². The number of hydrogen-bond acceptors (Lipinski definition) is 5. The predicted octanol–water partition coefficient (Wildman–Crippen LogP) is 0.736. The van der Waals surface area contributed by atoms with Gasteiger partial charge in [0.15, 0.2) is 0 Å². The number of nitrogens with zero attached hydrogens (tertiary/aromatic N) is 3. The molecule has 2 heterocycles. The Balaban J connectivity index is 1.55. The summed E-state index contributed by atoms with van der Waals surface area (Å²) in [6.07, 6.45) is 0.0617.